The first kappa shape index (κ1) is 36.6. The Kier molecular flexibility index (Phi) is 10.4. The van der Waals surface area contributed by atoms with E-state index in [1.165, 1.54) is 4.57 Å². The first-order chi connectivity index (χ1) is 24.3. The van der Waals surface area contributed by atoms with E-state index in [0.29, 0.717) is 15.9 Å². The number of benzene rings is 4. The number of aromatic nitrogens is 2. The summed E-state index contributed by atoms with van der Waals surface area (Å²) in [5.74, 6) is 1.44. The Hall–Kier alpha value is -4.19. The maximum Gasteiger partial charge on any atom is 0.331 e. The van der Waals surface area contributed by atoms with Crippen molar-refractivity contribution >= 4 is 30.8 Å². The van der Waals surface area contributed by atoms with Crippen LogP contribution in [-0.2, 0) is 19.5 Å². The van der Waals surface area contributed by atoms with E-state index in [1.807, 2.05) is 85.3 Å². The summed E-state index contributed by atoms with van der Waals surface area (Å²) in [7, 11) is 0.865. The molecule has 1 aromatic heterocycles. The smallest absolute Gasteiger partial charge is 0.331 e. The molecule has 4 aromatic carbocycles. The van der Waals surface area contributed by atoms with E-state index < -0.39 is 43.6 Å². The molecule has 1 aliphatic heterocycles. The van der Waals surface area contributed by atoms with E-state index in [2.05, 4.69) is 38.8 Å². The average molecular weight is 728 g/mol. The molecule has 1 N–H and O–H groups in total. The van der Waals surface area contributed by atoms with Gasteiger partial charge in [-0.2, -0.15) is 0 Å². The van der Waals surface area contributed by atoms with Crippen LogP contribution in [0.3, 0.4) is 0 Å². The topological polar surface area (TPSA) is 101 Å². The van der Waals surface area contributed by atoms with E-state index in [9.17, 15) is 9.59 Å². The Balaban J connectivity index is 1.45. The standard InChI is InChI=1S/C40H44ClN2O7Si/c1-39(2,3)51(6,7)50-35-24-32(49-37(35)43-34-23-29(41)17-22-33(34)36(44)42-38(43)45)25-48-40(26-11-9-8-10-12-26,27-13-18-30(46-4)19-14-27)28-15-20-31(47-5)21-16-28/h8-24,32,35,37H,25H2,1-7H3,(H,42,44,45)/t32-,35-,37-/m1/s1. The van der Waals surface area contributed by atoms with Gasteiger partial charge in [0.2, 0.25) is 0 Å². The summed E-state index contributed by atoms with van der Waals surface area (Å²) >= 11 is 6.41. The molecule has 267 valence electrons. The molecule has 1 aliphatic rings. The number of aromatic amines is 1. The summed E-state index contributed by atoms with van der Waals surface area (Å²) in [4.78, 5) is 28.9. The highest BCUT2D eigenvalue weighted by atomic mass is 35.5. The third-order valence-corrected chi connectivity index (χ3v) is 14.7. The van der Waals surface area contributed by atoms with Crippen LogP contribution >= 0.6 is 11.6 Å². The van der Waals surface area contributed by atoms with Crippen LogP contribution in [0.15, 0.2) is 107 Å². The number of methoxy groups -OCH3 is 2. The zero-order chi connectivity index (χ0) is 36.6. The van der Waals surface area contributed by atoms with Crippen LogP contribution in [0.4, 0.5) is 0 Å². The molecule has 1 saturated heterocycles. The number of H-pyrrole nitrogens is 1. The van der Waals surface area contributed by atoms with Gasteiger partial charge >= 0.3 is 5.69 Å². The van der Waals surface area contributed by atoms with Gasteiger partial charge in [-0.05, 0) is 77.3 Å². The normalized spacial score (nSPS) is 18.2. The van der Waals surface area contributed by atoms with Crippen LogP contribution in [0, 0.1) is 6.42 Å². The minimum Gasteiger partial charge on any atom is -0.497 e. The number of hydrogen-bond acceptors (Lipinski definition) is 7. The number of nitrogens with one attached hydrogen (secondary N) is 1. The van der Waals surface area contributed by atoms with Gasteiger partial charge in [0.05, 0.1) is 43.9 Å². The fourth-order valence-electron chi connectivity index (χ4n) is 6.29. The molecule has 11 heteroatoms. The Morgan fingerprint density at radius 3 is 1.94 bits per heavy atom. The Labute approximate surface area is 304 Å². The molecule has 5 aromatic rings. The van der Waals surface area contributed by atoms with Crippen molar-refractivity contribution in [3.63, 3.8) is 0 Å². The zero-order valence-corrected chi connectivity index (χ0v) is 31.7. The van der Waals surface area contributed by atoms with Gasteiger partial charge in [0, 0.05) is 11.4 Å². The Bertz CT molecular complexity index is 2040. The Morgan fingerprint density at radius 1 is 0.824 bits per heavy atom. The van der Waals surface area contributed by atoms with Crippen molar-refractivity contribution in [2.24, 2.45) is 0 Å². The lowest BCUT2D eigenvalue weighted by Crippen LogP contribution is -2.46. The van der Waals surface area contributed by atoms with Crippen LogP contribution in [0.2, 0.25) is 23.2 Å². The summed E-state index contributed by atoms with van der Waals surface area (Å²) in [5.41, 5.74) is 0.810. The van der Waals surface area contributed by atoms with Crippen molar-refractivity contribution in [1.82, 2.24) is 9.55 Å². The molecule has 51 heavy (non-hydrogen) atoms. The van der Waals surface area contributed by atoms with Crippen molar-refractivity contribution in [3.8, 4) is 11.5 Å². The summed E-state index contributed by atoms with van der Waals surface area (Å²) in [6.07, 6.45) is -0.196. The molecular weight excluding hydrogens is 684 g/mol. The number of halogens is 1. The monoisotopic (exact) mass is 727 g/mol. The quantitative estimate of drug-likeness (QED) is 0.109. The van der Waals surface area contributed by atoms with Crippen molar-refractivity contribution in [1.29, 1.82) is 0 Å². The molecule has 2 heterocycles. The van der Waals surface area contributed by atoms with Crippen LogP contribution in [-0.4, -0.2) is 50.9 Å². The van der Waals surface area contributed by atoms with Crippen molar-refractivity contribution in [3.05, 3.63) is 146 Å². The van der Waals surface area contributed by atoms with Crippen LogP contribution in [0.5, 0.6) is 11.5 Å². The van der Waals surface area contributed by atoms with Gasteiger partial charge in [0.1, 0.15) is 17.1 Å². The molecule has 0 spiro atoms. The molecule has 0 aliphatic carbocycles. The van der Waals surface area contributed by atoms with Crippen molar-refractivity contribution < 1.29 is 23.4 Å². The van der Waals surface area contributed by atoms with Gasteiger partial charge in [-0.3, -0.25) is 14.3 Å². The van der Waals surface area contributed by atoms with Crippen molar-refractivity contribution in [2.75, 3.05) is 20.8 Å². The number of rotatable bonds is 11. The molecule has 0 amide bonds. The highest BCUT2D eigenvalue weighted by Crippen LogP contribution is 2.45. The second-order valence-corrected chi connectivity index (χ2v) is 19.4. The van der Waals surface area contributed by atoms with E-state index in [-0.39, 0.29) is 11.6 Å². The minimum absolute atomic E-state index is 0.0948. The van der Waals surface area contributed by atoms with Gasteiger partial charge in [-0.25, -0.2) is 4.79 Å². The number of fused-ring (bicyclic) bond motifs is 1. The minimum atomic E-state index is -2.41. The van der Waals surface area contributed by atoms with E-state index >= 15 is 0 Å². The lowest BCUT2D eigenvalue weighted by molar-refractivity contribution is -0.0830. The second kappa shape index (κ2) is 14.4. The van der Waals surface area contributed by atoms with Crippen LogP contribution < -0.4 is 20.7 Å². The highest BCUT2D eigenvalue weighted by Gasteiger charge is 2.47. The first-order valence-electron chi connectivity index (χ1n) is 16.9. The van der Waals surface area contributed by atoms with Gasteiger partial charge in [-0.15, -0.1) is 0 Å². The second-order valence-electron chi connectivity index (χ2n) is 14.2. The molecule has 6 rings (SSSR count). The fraction of sp³-hybridized carbons (Fsp3) is 0.325. The van der Waals surface area contributed by atoms with Crippen LogP contribution in [0.25, 0.3) is 10.9 Å². The first-order valence-corrected chi connectivity index (χ1v) is 20.2. The lowest BCUT2D eigenvalue weighted by atomic mass is 9.80. The van der Waals surface area contributed by atoms with Crippen molar-refractivity contribution in [2.45, 2.75) is 62.9 Å². The van der Waals surface area contributed by atoms with Gasteiger partial charge in [0.25, 0.3) is 5.56 Å². The molecule has 9 nitrogen and oxygen atoms in total. The number of ether oxygens (including phenoxy) is 4. The predicted molar refractivity (Wildman–Crippen MR) is 202 cm³/mol. The van der Waals surface area contributed by atoms with Gasteiger partial charge < -0.3 is 23.4 Å². The third-order valence-electron chi connectivity index (χ3n) is 10.0. The maximum absolute atomic E-state index is 13.6. The van der Waals surface area contributed by atoms with Gasteiger partial charge in [-0.1, -0.05) is 87.0 Å². The molecule has 1 fully saturated rings. The highest BCUT2D eigenvalue weighted by molar-refractivity contribution is 6.74. The lowest BCUT2D eigenvalue weighted by Gasteiger charge is -2.39. The number of hydrogen-bond donors (Lipinski definition) is 1. The molecule has 3 atom stereocenters. The summed E-state index contributed by atoms with van der Waals surface area (Å²) in [6, 6.07) is 30.5. The molecule has 0 saturated carbocycles. The summed E-state index contributed by atoms with van der Waals surface area (Å²) in [6.45, 7) is 10.9. The maximum atomic E-state index is 13.6. The zero-order valence-electron chi connectivity index (χ0n) is 29.9. The summed E-state index contributed by atoms with van der Waals surface area (Å²) < 4.78 is 33.3. The van der Waals surface area contributed by atoms with Gasteiger partial charge in [0.15, 0.2) is 14.5 Å². The van der Waals surface area contributed by atoms with E-state index in [1.54, 1.807) is 32.4 Å². The Morgan fingerprint density at radius 2 is 1.39 bits per heavy atom. The van der Waals surface area contributed by atoms with E-state index in [4.69, 9.17) is 35.0 Å². The fourth-order valence-corrected chi connectivity index (χ4v) is 7.69. The number of nitrogens with zero attached hydrogens (tertiary/aromatic N) is 1. The summed E-state index contributed by atoms with van der Waals surface area (Å²) in [5, 5.41) is 0.569. The van der Waals surface area contributed by atoms with Crippen LogP contribution in [0.1, 0.15) is 43.7 Å². The largest absolute Gasteiger partial charge is 0.497 e. The molecule has 0 unspecified atom stereocenters. The molecule has 0 bridgehead atoms. The average Bonchev–Trinajstić information content (AvgIpc) is 3.49. The third kappa shape index (κ3) is 7.16. The van der Waals surface area contributed by atoms with E-state index in [0.717, 1.165) is 28.2 Å². The predicted octanol–water partition coefficient (Wildman–Crippen LogP) is 7.86. The molecule has 1 radical (unpaired) electrons. The SMILES string of the molecule is COc1ccc(C(OC[C@H]2[CH][C@@H](O[Si](C)(C)C(C)(C)C)[C@H](n3c(=O)[nH]c(=O)c4ccc(Cl)cc43)O2)(c2ccccc2)c2ccc(OC)cc2)cc1. The molecular formula is C40H44ClN2O7Si.